The van der Waals surface area contributed by atoms with Crippen LogP contribution in [0.1, 0.15) is 18.4 Å². The summed E-state index contributed by atoms with van der Waals surface area (Å²) in [4.78, 5) is 10.2. The zero-order valence-electron chi connectivity index (χ0n) is 8.43. The molecule has 0 bridgehead atoms. The molecule has 16 heavy (non-hydrogen) atoms. The molecular formula is C11H10ClNO2S. The van der Waals surface area contributed by atoms with Crippen molar-refractivity contribution >= 4 is 23.4 Å². The van der Waals surface area contributed by atoms with Crippen molar-refractivity contribution in [1.82, 2.24) is 0 Å². The topological polar surface area (TPSA) is 43.1 Å². The second-order valence-electron chi connectivity index (χ2n) is 3.58. The van der Waals surface area contributed by atoms with Gasteiger partial charge < -0.3 is 0 Å². The lowest BCUT2D eigenvalue weighted by Gasteiger charge is -2.27. The Morgan fingerprint density at radius 1 is 1.38 bits per heavy atom. The SMILES string of the molecule is O=[N+]([O-])C1=CSC(Cl)(c2ccccc2)CC1. The van der Waals surface area contributed by atoms with Crippen LogP contribution in [-0.2, 0) is 4.21 Å². The van der Waals surface area contributed by atoms with Crippen molar-refractivity contribution < 1.29 is 4.92 Å². The molecule has 3 nitrogen and oxygen atoms in total. The highest BCUT2D eigenvalue weighted by atomic mass is 35.5. The third-order valence-electron chi connectivity index (χ3n) is 2.52. The Bertz CT molecular complexity index is 435. The maximum absolute atomic E-state index is 10.6. The van der Waals surface area contributed by atoms with Crippen LogP contribution in [0.25, 0.3) is 0 Å². The average Bonchev–Trinajstić information content (AvgIpc) is 2.31. The summed E-state index contributed by atoms with van der Waals surface area (Å²) >= 11 is 7.78. The number of nitro groups is 1. The van der Waals surface area contributed by atoms with E-state index in [0.29, 0.717) is 12.8 Å². The molecule has 5 heteroatoms. The highest BCUT2D eigenvalue weighted by molar-refractivity contribution is 8.04. The Morgan fingerprint density at radius 3 is 2.56 bits per heavy atom. The smallest absolute Gasteiger partial charge is 0.252 e. The predicted octanol–water partition coefficient (Wildman–Crippen LogP) is 3.72. The molecule has 0 aliphatic carbocycles. The van der Waals surface area contributed by atoms with Gasteiger partial charge in [0.25, 0.3) is 5.70 Å². The number of allylic oxidation sites excluding steroid dienone is 1. The molecule has 0 spiro atoms. The summed E-state index contributed by atoms with van der Waals surface area (Å²) in [6.45, 7) is 0. The lowest BCUT2D eigenvalue weighted by Crippen LogP contribution is -2.18. The molecule has 1 unspecified atom stereocenters. The number of nitrogens with zero attached hydrogens (tertiary/aromatic N) is 1. The standard InChI is InChI=1S/C11H10ClNO2S/c12-11(9-4-2-1-3-5-9)7-6-10(8-16-11)13(14)15/h1-5,8H,6-7H2. The van der Waals surface area contributed by atoms with Crippen LogP contribution in [0.2, 0.25) is 0 Å². The Hall–Kier alpha value is -1.00. The Kier molecular flexibility index (Phi) is 3.21. The summed E-state index contributed by atoms with van der Waals surface area (Å²) in [7, 11) is 0. The fourth-order valence-electron chi connectivity index (χ4n) is 1.60. The molecule has 84 valence electrons. The monoisotopic (exact) mass is 255 g/mol. The van der Waals surface area contributed by atoms with Crippen LogP contribution in [0, 0.1) is 10.1 Å². The number of halogens is 1. The van der Waals surface area contributed by atoms with E-state index in [9.17, 15) is 10.1 Å². The molecule has 1 aromatic carbocycles. The molecule has 1 atom stereocenters. The summed E-state index contributed by atoms with van der Waals surface area (Å²) in [5.74, 6) is 0. The first-order valence-corrected chi connectivity index (χ1v) is 6.13. The highest BCUT2D eigenvalue weighted by Gasteiger charge is 2.35. The van der Waals surface area contributed by atoms with E-state index in [0.717, 1.165) is 5.56 Å². The normalized spacial score (nSPS) is 24.9. The Balaban J connectivity index is 2.22. The van der Waals surface area contributed by atoms with Gasteiger partial charge in [0.2, 0.25) is 0 Å². The molecule has 0 amide bonds. The van der Waals surface area contributed by atoms with Crippen molar-refractivity contribution in [2.45, 2.75) is 17.0 Å². The number of benzene rings is 1. The van der Waals surface area contributed by atoms with Gasteiger partial charge in [0, 0.05) is 11.8 Å². The number of hydrogen-bond donors (Lipinski definition) is 0. The predicted molar refractivity (Wildman–Crippen MR) is 65.9 cm³/mol. The van der Waals surface area contributed by atoms with Gasteiger partial charge in [-0.2, -0.15) is 0 Å². The molecule has 0 N–H and O–H groups in total. The van der Waals surface area contributed by atoms with E-state index in [1.165, 1.54) is 11.8 Å². The van der Waals surface area contributed by atoms with E-state index in [2.05, 4.69) is 0 Å². The van der Waals surface area contributed by atoms with Gasteiger partial charge >= 0.3 is 0 Å². The summed E-state index contributed by atoms with van der Waals surface area (Å²) in [6, 6.07) is 9.67. The van der Waals surface area contributed by atoms with Crippen molar-refractivity contribution in [1.29, 1.82) is 0 Å². The molecule has 1 aliphatic heterocycles. The lowest BCUT2D eigenvalue weighted by molar-refractivity contribution is -0.427. The molecular weight excluding hydrogens is 246 g/mol. The number of hydrogen-bond acceptors (Lipinski definition) is 3. The maximum atomic E-state index is 10.6. The van der Waals surface area contributed by atoms with E-state index in [4.69, 9.17) is 11.6 Å². The Labute approximate surface area is 103 Å². The van der Waals surface area contributed by atoms with Crippen LogP contribution in [0.3, 0.4) is 0 Å². The van der Waals surface area contributed by atoms with E-state index in [-0.39, 0.29) is 10.6 Å². The zero-order valence-corrected chi connectivity index (χ0v) is 10.0. The zero-order chi connectivity index (χ0) is 11.6. The summed E-state index contributed by atoms with van der Waals surface area (Å²) in [5, 5.41) is 12.1. The van der Waals surface area contributed by atoms with Gasteiger partial charge in [0.05, 0.1) is 4.92 Å². The molecule has 0 saturated carbocycles. The fraction of sp³-hybridized carbons (Fsp3) is 0.273. The first-order chi connectivity index (χ1) is 7.62. The van der Waals surface area contributed by atoms with Crippen LogP contribution < -0.4 is 0 Å². The van der Waals surface area contributed by atoms with Gasteiger partial charge in [0.1, 0.15) is 4.21 Å². The number of alkyl halides is 1. The molecule has 0 fully saturated rings. The van der Waals surface area contributed by atoms with Gasteiger partial charge in [-0.15, -0.1) is 11.6 Å². The van der Waals surface area contributed by atoms with Gasteiger partial charge in [-0.05, 0) is 12.0 Å². The van der Waals surface area contributed by atoms with E-state index in [1.54, 1.807) is 5.41 Å². The van der Waals surface area contributed by atoms with Crippen molar-refractivity contribution in [3.8, 4) is 0 Å². The second-order valence-corrected chi connectivity index (χ2v) is 5.62. The fourth-order valence-corrected chi connectivity index (χ4v) is 2.97. The average molecular weight is 256 g/mol. The highest BCUT2D eigenvalue weighted by Crippen LogP contribution is 2.49. The van der Waals surface area contributed by atoms with Crippen LogP contribution >= 0.6 is 23.4 Å². The third-order valence-corrected chi connectivity index (χ3v) is 4.40. The van der Waals surface area contributed by atoms with Gasteiger partial charge in [-0.25, -0.2) is 0 Å². The van der Waals surface area contributed by atoms with Crippen LogP contribution in [0.4, 0.5) is 0 Å². The van der Waals surface area contributed by atoms with Crippen molar-refractivity contribution in [2.24, 2.45) is 0 Å². The molecule has 1 heterocycles. The van der Waals surface area contributed by atoms with E-state index >= 15 is 0 Å². The number of rotatable bonds is 2. The van der Waals surface area contributed by atoms with E-state index in [1.807, 2.05) is 30.3 Å². The quantitative estimate of drug-likeness (QED) is 0.460. The summed E-state index contributed by atoms with van der Waals surface area (Å²) in [5.41, 5.74) is 1.25. The Morgan fingerprint density at radius 2 is 2.06 bits per heavy atom. The lowest BCUT2D eigenvalue weighted by atomic mass is 10.1. The summed E-state index contributed by atoms with van der Waals surface area (Å²) in [6.07, 6.45) is 0.994. The molecule has 1 aliphatic rings. The third kappa shape index (κ3) is 2.23. The van der Waals surface area contributed by atoms with Crippen molar-refractivity contribution in [3.05, 3.63) is 57.1 Å². The van der Waals surface area contributed by atoms with Crippen LogP contribution in [0.5, 0.6) is 0 Å². The van der Waals surface area contributed by atoms with Crippen LogP contribution in [0.15, 0.2) is 41.4 Å². The minimum Gasteiger partial charge on any atom is -0.259 e. The minimum atomic E-state index is -0.555. The minimum absolute atomic E-state index is 0.247. The van der Waals surface area contributed by atoms with Gasteiger partial charge in [-0.3, -0.25) is 10.1 Å². The van der Waals surface area contributed by atoms with Gasteiger partial charge in [-0.1, -0.05) is 42.1 Å². The molecule has 0 aromatic heterocycles. The number of thioether (sulfide) groups is 1. The first-order valence-electron chi connectivity index (χ1n) is 4.87. The molecule has 0 saturated heterocycles. The largest absolute Gasteiger partial charge is 0.259 e. The summed E-state index contributed by atoms with van der Waals surface area (Å²) < 4.78 is -0.555. The van der Waals surface area contributed by atoms with Crippen molar-refractivity contribution in [3.63, 3.8) is 0 Å². The second kappa shape index (κ2) is 4.47. The molecule has 1 aromatic rings. The maximum Gasteiger partial charge on any atom is 0.252 e. The van der Waals surface area contributed by atoms with Crippen LogP contribution in [-0.4, -0.2) is 4.92 Å². The van der Waals surface area contributed by atoms with Gasteiger partial charge in [0.15, 0.2) is 0 Å². The first kappa shape index (κ1) is 11.5. The molecule has 0 radical (unpaired) electrons. The molecule has 2 rings (SSSR count). The van der Waals surface area contributed by atoms with Crippen molar-refractivity contribution in [2.75, 3.05) is 0 Å². The van der Waals surface area contributed by atoms with E-state index < -0.39 is 4.21 Å².